The van der Waals surface area contributed by atoms with Crippen molar-refractivity contribution in [1.29, 1.82) is 0 Å². The van der Waals surface area contributed by atoms with Gasteiger partial charge in [-0.25, -0.2) is 0 Å². The summed E-state index contributed by atoms with van der Waals surface area (Å²) in [4.78, 5) is 28.0. The summed E-state index contributed by atoms with van der Waals surface area (Å²) in [6.45, 7) is 4.48. The van der Waals surface area contributed by atoms with Gasteiger partial charge in [-0.05, 0) is 54.3 Å². The van der Waals surface area contributed by atoms with Crippen molar-refractivity contribution in [2.75, 3.05) is 5.32 Å². The van der Waals surface area contributed by atoms with Crippen LogP contribution in [-0.4, -0.2) is 16.7 Å². The number of carbonyl (C=O) groups excluding carboxylic acids is 2. The predicted octanol–water partition coefficient (Wildman–Crippen LogP) is 4.64. The number of rotatable bonds is 4. The Morgan fingerprint density at radius 3 is 2.36 bits per heavy atom. The SMILES string of the molecule is Cc1ccc(NC(=O)[C@H](c2ccccc2)N2Cc3ccccc3C2=O)cc1C. The van der Waals surface area contributed by atoms with Crippen molar-refractivity contribution in [3.8, 4) is 0 Å². The van der Waals surface area contributed by atoms with Crippen LogP contribution in [0.5, 0.6) is 0 Å². The Morgan fingerprint density at radius 2 is 1.64 bits per heavy atom. The highest BCUT2D eigenvalue weighted by Gasteiger charge is 2.37. The molecule has 0 bridgehead atoms. The zero-order chi connectivity index (χ0) is 19.7. The fourth-order valence-corrected chi connectivity index (χ4v) is 3.62. The number of nitrogens with zero attached hydrogens (tertiary/aromatic N) is 1. The Balaban J connectivity index is 1.68. The van der Waals surface area contributed by atoms with E-state index in [-0.39, 0.29) is 11.8 Å². The normalized spacial score (nSPS) is 13.9. The second-order valence-electron chi connectivity index (χ2n) is 7.19. The lowest BCUT2D eigenvalue weighted by atomic mass is 10.0. The smallest absolute Gasteiger partial charge is 0.255 e. The van der Waals surface area contributed by atoms with Crippen LogP contribution in [0.2, 0.25) is 0 Å². The molecule has 1 aliphatic rings. The van der Waals surface area contributed by atoms with Gasteiger partial charge in [0.05, 0.1) is 0 Å². The number of fused-ring (bicyclic) bond motifs is 1. The molecule has 1 atom stereocenters. The molecule has 0 radical (unpaired) electrons. The quantitative estimate of drug-likeness (QED) is 0.727. The third-order valence-corrected chi connectivity index (χ3v) is 5.30. The van der Waals surface area contributed by atoms with E-state index in [0.29, 0.717) is 12.1 Å². The average Bonchev–Trinajstić information content (AvgIpc) is 3.02. The zero-order valence-corrected chi connectivity index (χ0v) is 16.0. The van der Waals surface area contributed by atoms with Crippen LogP contribution in [0.3, 0.4) is 0 Å². The minimum absolute atomic E-state index is 0.111. The summed E-state index contributed by atoms with van der Waals surface area (Å²) in [5.41, 5.74) is 5.43. The van der Waals surface area contributed by atoms with Crippen LogP contribution < -0.4 is 5.32 Å². The van der Waals surface area contributed by atoms with Crippen LogP contribution in [-0.2, 0) is 11.3 Å². The Hall–Kier alpha value is -3.40. The fraction of sp³-hybridized carbons (Fsp3) is 0.167. The summed E-state index contributed by atoms with van der Waals surface area (Å²) in [6, 6.07) is 22.1. The van der Waals surface area contributed by atoms with Crippen molar-refractivity contribution in [3.63, 3.8) is 0 Å². The molecular weight excluding hydrogens is 348 g/mol. The molecule has 0 saturated heterocycles. The average molecular weight is 370 g/mol. The molecule has 28 heavy (non-hydrogen) atoms. The molecule has 4 nitrogen and oxygen atoms in total. The van der Waals surface area contributed by atoms with E-state index in [9.17, 15) is 9.59 Å². The first-order valence-corrected chi connectivity index (χ1v) is 9.36. The second kappa shape index (κ2) is 7.31. The van der Waals surface area contributed by atoms with Crippen molar-refractivity contribution >= 4 is 17.5 Å². The maximum absolute atomic E-state index is 13.3. The van der Waals surface area contributed by atoms with E-state index in [1.54, 1.807) is 4.90 Å². The lowest BCUT2D eigenvalue weighted by molar-refractivity contribution is -0.120. The van der Waals surface area contributed by atoms with Crippen molar-refractivity contribution in [2.45, 2.75) is 26.4 Å². The zero-order valence-electron chi connectivity index (χ0n) is 16.0. The van der Waals surface area contributed by atoms with Gasteiger partial charge >= 0.3 is 0 Å². The van der Waals surface area contributed by atoms with Crippen molar-refractivity contribution < 1.29 is 9.59 Å². The van der Waals surface area contributed by atoms with Crippen LogP contribution in [0.1, 0.15) is 38.7 Å². The number of benzene rings is 3. The van der Waals surface area contributed by atoms with E-state index < -0.39 is 6.04 Å². The summed E-state index contributed by atoms with van der Waals surface area (Å²) in [6.07, 6.45) is 0. The molecular formula is C24H22N2O2. The predicted molar refractivity (Wildman–Crippen MR) is 110 cm³/mol. The minimum Gasteiger partial charge on any atom is -0.324 e. The summed E-state index contributed by atoms with van der Waals surface area (Å²) >= 11 is 0. The van der Waals surface area contributed by atoms with E-state index in [1.165, 1.54) is 5.56 Å². The first kappa shape index (κ1) is 18.0. The summed E-state index contributed by atoms with van der Waals surface area (Å²) < 4.78 is 0. The largest absolute Gasteiger partial charge is 0.324 e. The Bertz CT molecular complexity index is 1040. The number of nitrogens with one attached hydrogen (secondary N) is 1. The van der Waals surface area contributed by atoms with E-state index in [1.807, 2.05) is 86.6 Å². The van der Waals surface area contributed by atoms with Crippen molar-refractivity contribution in [1.82, 2.24) is 4.90 Å². The molecule has 0 spiro atoms. The minimum atomic E-state index is -0.692. The molecule has 0 aromatic heterocycles. The topological polar surface area (TPSA) is 49.4 Å². The summed E-state index contributed by atoms with van der Waals surface area (Å²) in [5.74, 6) is -0.324. The number of hydrogen-bond acceptors (Lipinski definition) is 2. The highest BCUT2D eigenvalue weighted by Crippen LogP contribution is 2.32. The molecule has 3 aromatic carbocycles. The maximum Gasteiger partial charge on any atom is 0.255 e. The number of anilines is 1. The highest BCUT2D eigenvalue weighted by molar-refractivity contribution is 6.04. The van der Waals surface area contributed by atoms with Gasteiger partial charge in [0.15, 0.2) is 0 Å². The van der Waals surface area contributed by atoms with Gasteiger partial charge in [-0.1, -0.05) is 54.6 Å². The number of aryl methyl sites for hydroxylation is 2. The summed E-state index contributed by atoms with van der Waals surface area (Å²) in [5, 5.41) is 3.00. The second-order valence-corrected chi connectivity index (χ2v) is 7.19. The molecule has 1 aliphatic heterocycles. The molecule has 0 saturated carbocycles. The number of amides is 2. The first-order chi connectivity index (χ1) is 13.5. The number of carbonyl (C=O) groups is 2. The van der Waals surface area contributed by atoms with Gasteiger partial charge in [-0.2, -0.15) is 0 Å². The molecule has 4 rings (SSSR count). The van der Waals surface area contributed by atoms with Crippen molar-refractivity contribution in [2.24, 2.45) is 0 Å². The molecule has 1 heterocycles. The fourth-order valence-electron chi connectivity index (χ4n) is 3.62. The van der Waals surface area contributed by atoms with E-state index >= 15 is 0 Å². The molecule has 0 aliphatic carbocycles. The van der Waals surface area contributed by atoms with Crippen LogP contribution in [0.4, 0.5) is 5.69 Å². The van der Waals surface area contributed by atoms with Crippen LogP contribution in [0.25, 0.3) is 0 Å². The first-order valence-electron chi connectivity index (χ1n) is 9.36. The van der Waals surface area contributed by atoms with Gasteiger partial charge in [0.25, 0.3) is 11.8 Å². The molecule has 140 valence electrons. The Kier molecular flexibility index (Phi) is 4.70. The van der Waals surface area contributed by atoms with Gasteiger partial charge in [0, 0.05) is 17.8 Å². The maximum atomic E-state index is 13.3. The summed E-state index contributed by atoms with van der Waals surface area (Å²) in [7, 11) is 0. The highest BCUT2D eigenvalue weighted by atomic mass is 16.2. The molecule has 0 fully saturated rings. The van der Waals surface area contributed by atoms with E-state index in [4.69, 9.17) is 0 Å². The van der Waals surface area contributed by atoms with Crippen molar-refractivity contribution in [3.05, 3.63) is 101 Å². The molecule has 0 unspecified atom stereocenters. The molecule has 2 amide bonds. The van der Waals surface area contributed by atoms with E-state index in [2.05, 4.69) is 5.32 Å². The Morgan fingerprint density at radius 1 is 0.929 bits per heavy atom. The third-order valence-electron chi connectivity index (χ3n) is 5.30. The van der Waals surface area contributed by atoms with Gasteiger partial charge in [0.1, 0.15) is 6.04 Å². The van der Waals surface area contributed by atoms with Crippen LogP contribution in [0.15, 0.2) is 72.8 Å². The molecule has 4 heteroatoms. The molecule has 3 aromatic rings. The van der Waals surface area contributed by atoms with Gasteiger partial charge in [0.2, 0.25) is 0 Å². The standard InChI is InChI=1S/C24H22N2O2/c1-16-12-13-20(14-17(16)2)25-23(27)22(18-8-4-3-5-9-18)26-15-19-10-6-7-11-21(19)24(26)28/h3-14,22H,15H2,1-2H3,(H,25,27)/t22-/m0/s1. The van der Waals surface area contributed by atoms with Crippen LogP contribution >= 0.6 is 0 Å². The molecule has 1 N–H and O–H groups in total. The van der Waals surface area contributed by atoms with Gasteiger partial charge in [-0.15, -0.1) is 0 Å². The van der Waals surface area contributed by atoms with Gasteiger partial charge in [-0.3, -0.25) is 9.59 Å². The monoisotopic (exact) mass is 370 g/mol. The lowest BCUT2D eigenvalue weighted by Crippen LogP contribution is -2.37. The van der Waals surface area contributed by atoms with E-state index in [0.717, 1.165) is 22.4 Å². The third kappa shape index (κ3) is 3.29. The van der Waals surface area contributed by atoms with Crippen LogP contribution in [0, 0.1) is 13.8 Å². The Labute approximate surface area is 164 Å². The van der Waals surface area contributed by atoms with Gasteiger partial charge < -0.3 is 10.2 Å². The number of hydrogen-bond donors (Lipinski definition) is 1. The lowest BCUT2D eigenvalue weighted by Gasteiger charge is -2.27.